The molecule has 0 spiro atoms. The molecule has 0 aliphatic carbocycles. The normalized spacial score (nSPS) is 14.0. The van der Waals surface area contributed by atoms with Gasteiger partial charge in [-0.25, -0.2) is 43.6 Å². The summed E-state index contributed by atoms with van der Waals surface area (Å²) >= 11 is 13.4. The molecule has 6 N–H and O–H groups in total. The summed E-state index contributed by atoms with van der Waals surface area (Å²) < 4.78 is 206. The molecule has 26 nitrogen and oxygen atoms in total. The molecule has 0 amide bonds. The molecule has 34 heteroatoms. The number of nitrogens with one attached hydrogen (secondary N) is 2. The van der Waals surface area contributed by atoms with Crippen LogP contribution < -0.4 is 30.8 Å². The van der Waals surface area contributed by atoms with Crippen LogP contribution in [0, 0.1) is 0 Å². The van der Waals surface area contributed by atoms with Gasteiger partial charge in [0.05, 0.1) is 59.1 Å². The van der Waals surface area contributed by atoms with E-state index >= 15 is 0 Å². The molecular formula is C26H26Cl2N4O22S6. The van der Waals surface area contributed by atoms with E-state index in [-0.39, 0.29) is 66.5 Å². The van der Waals surface area contributed by atoms with E-state index in [9.17, 15) is 50.5 Å². The third-order valence-corrected chi connectivity index (χ3v) is 13.4. The van der Waals surface area contributed by atoms with Crippen molar-refractivity contribution in [1.82, 2.24) is 0 Å². The van der Waals surface area contributed by atoms with E-state index in [2.05, 4.69) is 37.4 Å². The molecular weight excluding hydrogens is 984 g/mol. The summed E-state index contributed by atoms with van der Waals surface area (Å²) in [6, 6.07) is 4.03. The van der Waals surface area contributed by atoms with Crippen molar-refractivity contribution in [2.75, 3.05) is 61.7 Å². The van der Waals surface area contributed by atoms with Crippen molar-refractivity contribution >= 4 is 107 Å². The SMILES string of the molecule is O=S(=O)(O)OCCNc1cc2c(cc1S(=O)(=O)CCOS(=O)(=O)O)N=c1c(Cl)c3c(c(Cl)c1O2)=Nc1cc(S(=O)(=O)CCOS(=O)(=O)O)c(NCCOS(=O)(=O)O)cc1O3. The first-order chi connectivity index (χ1) is 27.5. The van der Waals surface area contributed by atoms with E-state index in [1.165, 1.54) is 0 Å². The average Bonchev–Trinajstić information content (AvgIpc) is 3.10. The summed E-state index contributed by atoms with van der Waals surface area (Å²) in [7, 11) is -28.9. The molecule has 0 aromatic heterocycles. The zero-order valence-electron chi connectivity index (χ0n) is 29.2. The van der Waals surface area contributed by atoms with Crippen LogP contribution in [0.4, 0.5) is 22.7 Å². The maximum Gasteiger partial charge on any atom is 0.397 e. The van der Waals surface area contributed by atoms with Gasteiger partial charge < -0.3 is 20.1 Å². The minimum absolute atomic E-state index is 0.210. The number of sulfone groups is 2. The molecule has 3 aromatic carbocycles. The van der Waals surface area contributed by atoms with Crippen LogP contribution in [0.5, 0.6) is 23.0 Å². The van der Waals surface area contributed by atoms with Gasteiger partial charge >= 0.3 is 41.6 Å². The first kappa shape index (κ1) is 47.5. The molecule has 332 valence electrons. The molecule has 0 saturated heterocycles. The van der Waals surface area contributed by atoms with E-state index in [0.717, 1.165) is 24.3 Å². The van der Waals surface area contributed by atoms with Gasteiger partial charge in [0.25, 0.3) is 0 Å². The van der Waals surface area contributed by atoms with Crippen LogP contribution in [0.2, 0.25) is 10.0 Å². The fraction of sp³-hybridized carbons (Fsp3) is 0.308. The Labute approximate surface area is 349 Å². The third-order valence-electron chi connectivity index (χ3n) is 7.39. The Balaban J connectivity index is 1.60. The third kappa shape index (κ3) is 12.3. The molecule has 2 aliphatic rings. The van der Waals surface area contributed by atoms with Crippen molar-refractivity contribution in [2.45, 2.75) is 9.79 Å². The lowest BCUT2D eigenvalue weighted by Gasteiger charge is -2.23. The predicted octanol–water partition coefficient (Wildman–Crippen LogP) is 0.756. The largest absolute Gasteiger partial charge is 0.451 e. The summed E-state index contributed by atoms with van der Waals surface area (Å²) in [6.45, 7) is -4.41. The lowest BCUT2D eigenvalue weighted by atomic mass is 10.2. The Morgan fingerprint density at radius 1 is 0.517 bits per heavy atom. The highest BCUT2D eigenvalue weighted by atomic mass is 35.5. The summed E-state index contributed by atoms with van der Waals surface area (Å²) in [6.07, 6.45) is 0. The Kier molecular flexibility index (Phi) is 14.0. The van der Waals surface area contributed by atoms with Gasteiger partial charge in [-0.05, 0) is 12.1 Å². The molecule has 0 unspecified atom stereocenters. The second-order valence-corrected chi connectivity index (χ2v) is 20.8. The second kappa shape index (κ2) is 17.7. The predicted molar refractivity (Wildman–Crippen MR) is 202 cm³/mol. The zero-order valence-corrected chi connectivity index (χ0v) is 35.6. The number of halogens is 2. The lowest BCUT2D eigenvalue weighted by molar-refractivity contribution is 0.277. The van der Waals surface area contributed by atoms with E-state index in [4.69, 9.17) is 50.9 Å². The number of rotatable bonds is 20. The van der Waals surface area contributed by atoms with E-state index in [1.807, 2.05) is 0 Å². The van der Waals surface area contributed by atoms with Crippen molar-refractivity contribution < 1.29 is 94.9 Å². The Morgan fingerprint density at radius 3 is 1.15 bits per heavy atom. The van der Waals surface area contributed by atoms with Crippen molar-refractivity contribution in [1.29, 1.82) is 0 Å². The number of nitrogens with zero attached hydrogens (tertiary/aromatic N) is 2. The Hall–Kier alpha value is -3.58. The molecule has 2 aliphatic heterocycles. The van der Waals surface area contributed by atoms with Gasteiger partial charge in [-0.15, -0.1) is 0 Å². The quantitative estimate of drug-likeness (QED) is 0.0463. The smallest absolute Gasteiger partial charge is 0.397 e. The lowest BCUT2D eigenvalue weighted by Crippen LogP contribution is -2.23. The maximum absolute atomic E-state index is 13.4. The number of fused-ring (bicyclic) bond motifs is 4. The van der Waals surface area contributed by atoms with E-state index < -0.39 is 122 Å². The molecule has 0 radical (unpaired) electrons. The molecule has 3 aromatic rings. The number of hydrogen-bond acceptors (Lipinski definition) is 22. The first-order valence-electron chi connectivity index (χ1n) is 15.6. The van der Waals surface area contributed by atoms with Crippen molar-refractivity contribution in [3.8, 4) is 23.0 Å². The van der Waals surface area contributed by atoms with Crippen molar-refractivity contribution in [3.05, 3.63) is 45.0 Å². The summed E-state index contributed by atoms with van der Waals surface area (Å²) in [5.41, 5.74) is -1.06. The van der Waals surface area contributed by atoms with Gasteiger partial charge in [-0.3, -0.25) is 18.2 Å². The fourth-order valence-electron chi connectivity index (χ4n) is 5.08. The minimum Gasteiger partial charge on any atom is -0.451 e. The Bertz CT molecular complexity index is 2850. The standard InChI is InChI=1S/C26H26Cl2N4O22S6/c27-21-24-26(54-18-10-16(30-2-4-50-58(40,41)42)20(12-14(18)32-24)56(35,36)8-6-52-60(46,47)48)22(28)23-25(21)53-17-9-15(29-1-3-49-57(37,38)39)19(11-13(17)31-23)55(33,34)7-5-51-59(43,44)45/h9-12,29-30H,1-8H2,(H,37,38,39)(H,40,41,42)(H,43,44,45)(H,46,47,48). The molecule has 2 heterocycles. The topological polar surface area (TPSA) is 390 Å². The van der Waals surface area contributed by atoms with Gasteiger partial charge in [0.2, 0.25) is 0 Å². The molecule has 0 bridgehead atoms. The first-order valence-corrected chi connectivity index (χ1v) is 25.2. The fourth-order valence-corrected chi connectivity index (χ4v) is 9.54. The number of ether oxygens (including phenoxy) is 2. The molecule has 0 fully saturated rings. The average molecular weight is 1010 g/mol. The van der Waals surface area contributed by atoms with Crippen molar-refractivity contribution in [3.63, 3.8) is 0 Å². The number of benzene rings is 3. The van der Waals surface area contributed by atoms with Crippen LogP contribution in [-0.4, -0.2) is 120 Å². The van der Waals surface area contributed by atoms with Gasteiger partial charge in [0.15, 0.2) is 42.7 Å². The Morgan fingerprint density at radius 2 is 0.833 bits per heavy atom. The van der Waals surface area contributed by atoms with Crippen molar-refractivity contribution in [2.24, 2.45) is 9.98 Å². The van der Waals surface area contributed by atoms with Crippen LogP contribution >= 0.6 is 23.2 Å². The molecule has 0 saturated carbocycles. The van der Waals surface area contributed by atoms with Crippen LogP contribution in [0.1, 0.15) is 0 Å². The van der Waals surface area contributed by atoms with Gasteiger partial charge in [0.1, 0.15) is 32.1 Å². The zero-order chi connectivity index (χ0) is 44.6. The minimum atomic E-state index is -5.04. The maximum atomic E-state index is 13.4. The highest BCUT2D eigenvalue weighted by Crippen LogP contribution is 2.46. The summed E-state index contributed by atoms with van der Waals surface area (Å²) in [5, 5.41) is 3.91. The van der Waals surface area contributed by atoms with Crippen LogP contribution in [0.15, 0.2) is 44.0 Å². The highest BCUT2D eigenvalue weighted by Gasteiger charge is 2.31. The number of hydrogen-bond donors (Lipinski definition) is 6. The number of anilines is 2. The van der Waals surface area contributed by atoms with Crippen LogP contribution in [-0.2, 0) is 78.0 Å². The van der Waals surface area contributed by atoms with Crippen LogP contribution in [0.25, 0.3) is 0 Å². The van der Waals surface area contributed by atoms with Crippen LogP contribution in [0.3, 0.4) is 0 Å². The molecule has 60 heavy (non-hydrogen) atoms. The summed E-state index contributed by atoms with van der Waals surface area (Å²) in [5.74, 6) is -3.07. The van der Waals surface area contributed by atoms with Gasteiger partial charge in [0, 0.05) is 25.2 Å². The van der Waals surface area contributed by atoms with Gasteiger partial charge in [-0.1, -0.05) is 23.2 Å². The van der Waals surface area contributed by atoms with Gasteiger partial charge in [-0.2, -0.15) is 33.7 Å². The second-order valence-electron chi connectivity index (χ2n) is 11.5. The molecule has 5 rings (SSSR count). The van der Waals surface area contributed by atoms with E-state index in [1.54, 1.807) is 0 Å². The van der Waals surface area contributed by atoms with E-state index in [0.29, 0.717) is 0 Å². The molecule has 0 atom stereocenters. The highest BCUT2D eigenvalue weighted by molar-refractivity contribution is 7.92. The monoisotopic (exact) mass is 1010 g/mol. The summed E-state index contributed by atoms with van der Waals surface area (Å²) in [4.78, 5) is 7.57.